The maximum atomic E-state index is 13.7. The van der Waals surface area contributed by atoms with Crippen LogP contribution in [0, 0.1) is 11.3 Å². The Morgan fingerprint density at radius 1 is 1.11 bits per heavy atom. The first kappa shape index (κ1) is 22.7. The lowest BCUT2D eigenvalue weighted by Crippen LogP contribution is -2.44. The number of hydrogen-bond donors (Lipinski definition) is 2. The molecule has 1 amide bonds. The topological polar surface area (TPSA) is 93.5 Å². The van der Waals surface area contributed by atoms with Gasteiger partial charge in [0.25, 0.3) is 5.91 Å². The standard InChI is InChI=1S/C27H28N6O2/c1-3-35-25-22(5-4-12-29-25)27(23-17-19(18-28)6-11-24(23)30-26(27)34)31-20-7-9-21(10-8-20)33-15-13-32(2)14-16-33/h4-12,17,31H,3,13-16H2,1-2H3,(H,30,34). The number of amides is 1. The molecule has 2 aliphatic rings. The summed E-state index contributed by atoms with van der Waals surface area (Å²) in [7, 11) is 2.14. The molecule has 2 N–H and O–H groups in total. The number of hydrogen-bond acceptors (Lipinski definition) is 7. The largest absolute Gasteiger partial charge is 0.478 e. The Morgan fingerprint density at radius 2 is 1.89 bits per heavy atom. The van der Waals surface area contributed by atoms with E-state index < -0.39 is 5.54 Å². The van der Waals surface area contributed by atoms with Crippen LogP contribution in [0.4, 0.5) is 17.1 Å². The van der Waals surface area contributed by atoms with Crippen molar-refractivity contribution >= 4 is 23.0 Å². The van der Waals surface area contributed by atoms with E-state index in [1.54, 1.807) is 30.5 Å². The third-order valence-corrected chi connectivity index (χ3v) is 6.67. The minimum Gasteiger partial charge on any atom is -0.478 e. The number of carbonyl (C=O) groups is 1. The van der Waals surface area contributed by atoms with Gasteiger partial charge in [0.2, 0.25) is 5.88 Å². The van der Waals surface area contributed by atoms with Crippen molar-refractivity contribution in [3.05, 3.63) is 77.5 Å². The first-order valence-corrected chi connectivity index (χ1v) is 11.8. The number of benzene rings is 2. The minimum atomic E-state index is -1.31. The Balaban J connectivity index is 1.58. The van der Waals surface area contributed by atoms with E-state index in [0.29, 0.717) is 34.9 Å². The number of aromatic nitrogens is 1. The molecule has 2 aromatic carbocycles. The number of pyridine rings is 1. The first-order valence-electron chi connectivity index (χ1n) is 11.8. The molecule has 0 bridgehead atoms. The van der Waals surface area contributed by atoms with E-state index in [0.717, 1.165) is 37.6 Å². The quantitative estimate of drug-likeness (QED) is 0.573. The van der Waals surface area contributed by atoms with E-state index in [1.807, 2.05) is 25.1 Å². The van der Waals surface area contributed by atoms with Crippen LogP contribution in [0.5, 0.6) is 5.88 Å². The van der Waals surface area contributed by atoms with E-state index in [2.05, 4.69) is 50.7 Å². The van der Waals surface area contributed by atoms with Gasteiger partial charge in [-0.25, -0.2) is 4.98 Å². The third-order valence-electron chi connectivity index (χ3n) is 6.67. The lowest BCUT2D eigenvalue weighted by atomic mass is 9.83. The molecule has 2 aliphatic heterocycles. The van der Waals surface area contributed by atoms with Crippen LogP contribution in [0.2, 0.25) is 0 Å². The molecule has 3 heterocycles. The molecule has 1 saturated heterocycles. The molecule has 1 fully saturated rings. The summed E-state index contributed by atoms with van der Waals surface area (Å²) in [5.41, 5.74) is 3.00. The third kappa shape index (κ3) is 4.04. The molecule has 178 valence electrons. The highest BCUT2D eigenvalue weighted by molar-refractivity contribution is 6.10. The average Bonchev–Trinajstić information content (AvgIpc) is 3.16. The minimum absolute atomic E-state index is 0.250. The highest BCUT2D eigenvalue weighted by atomic mass is 16.5. The smallest absolute Gasteiger partial charge is 0.259 e. The van der Waals surface area contributed by atoms with Crippen molar-refractivity contribution in [2.45, 2.75) is 12.5 Å². The van der Waals surface area contributed by atoms with Crippen molar-refractivity contribution in [2.75, 3.05) is 55.4 Å². The van der Waals surface area contributed by atoms with Gasteiger partial charge in [-0.2, -0.15) is 5.26 Å². The molecule has 1 atom stereocenters. The van der Waals surface area contributed by atoms with Gasteiger partial charge < -0.3 is 25.2 Å². The van der Waals surface area contributed by atoms with Crippen LogP contribution < -0.4 is 20.3 Å². The molecule has 1 unspecified atom stereocenters. The number of nitriles is 1. The number of nitrogens with zero attached hydrogens (tertiary/aromatic N) is 4. The van der Waals surface area contributed by atoms with Crippen molar-refractivity contribution in [3.8, 4) is 11.9 Å². The summed E-state index contributed by atoms with van der Waals surface area (Å²) in [4.78, 5) is 22.8. The summed E-state index contributed by atoms with van der Waals surface area (Å²) in [5.74, 6) is 0.126. The summed E-state index contributed by atoms with van der Waals surface area (Å²) in [5, 5.41) is 16.0. The summed E-state index contributed by atoms with van der Waals surface area (Å²) >= 11 is 0. The summed E-state index contributed by atoms with van der Waals surface area (Å²) in [6.45, 7) is 6.31. The summed E-state index contributed by atoms with van der Waals surface area (Å²) in [6, 6.07) is 19.2. The van der Waals surface area contributed by atoms with Gasteiger partial charge in [-0.3, -0.25) is 4.79 Å². The predicted octanol–water partition coefficient (Wildman–Crippen LogP) is 3.41. The van der Waals surface area contributed by atoms with Crippen LogP contribution in [0.1, 0.15) is 23.6 Å². The Hall–Kier alpha value is -4.09. The van der Waals surface area contributed by atoms with Crippen molar-refractivity contribution in [2.24, 2.45) is 0 Å². The SMILES string of the molecule is CCOc1ncccc1C1(Nc2ccc(N3CCN(C)CC3)cc2)C(=O)Nc2ccc(C#N)cc21. The number of carbonyl (C=O) groups excluding carboxylic acids is 1. The molecule has 3 aromatic rings. The monoisotopic (exact) mass is 468 g/mol. The van der Waals surface area contributed by atoms with Gasteiger partial charge in [0, 0.05) is 55.0 Å². The fraction of sp³-hybridized carbons (Fsp3) is 0.296. The Labute approximate surface area is 205 Å². The second kappa shape index (κ2) is 9.28. The molecule has 0 saturated carbocycles. The molecule has 0 radical (unpaired) electrons. The van der Waals surface area contributed by atoms with Crippen LogP contribution in [-0.2, 0) is 10.3 Å². The average molecular weight is 469 g/mol. The highest BCUT2D eigenvalue weighted by Gasteiger charge is 2.51. The number of anilines is 3. The lowest BCUT2D eigenvalue weighted by molar-refractivity contribution is -0.118. The van der Waals surface area contributed by atoms with Crippen LogP contribution >= 0.6 is 0 Å². The van der Waals surface area contributed by atoms with Gasteiger partial charge >= 0.3 is 0 Å². The van der Waals surface area contributed by atoms with Crippen molar-refractivity contribution in [1.29, 1.82) is 5.26 Å². The number of fused-ring (bicyclic) bond motifs is 1. The second-order valence-electron chi connectivity index (χ2n) is 8.83. The number of nitrogens with one attached hydrogen (secondary N) is 2. The Bertz CT molecular complexity index is 1280. The Morgan fingerprint density at radius 3 is 2.60 bits per heavy atom. The van der Waals surface area contributed by atoms with Gasteiger partial charge in [0.1, 0.15) is 0 Å². The van der Waals surface area contributed by atoms with Gasteiger partial charge in [-0.15, -0.1) is 0 Å². The van der Waals surface area contributed by atoms with Crippen molar-refractivity contribution in [3.63, 3.8) is 0 Å². The zero-order chi connectivity index (χ0) is 24.4. The molecule has 1 aromatic heterocycles. The van der Waals surface area contributed by atoms with Gasteiger partial charge in [-0.05, 0) is 68.6 Å². The molecule has 0 aliphatic carbocycles. The van der Waals surface area contributed by atoms with Crippen LogP contribution in [0.3, 0.4) is 0 Å². The second-order valence-corrected chi connectivity index (χ2v) is 8.83. The first-order chi connectivity index (χ1) is 17.0. The van der Waals surface area contributed by atoms with Gasteiger partial charge in [-0.1, -0.05) is 0 Å². The maximum Gasteiger partial charge on any atom is 0.259 e. The molecule has 5 rings (SSSR count). The van der Waals surface area contributed by atoms with E-state index in [4.69, 9.17) is 4.74 Å². The summed E-state index contributed by atoms with van der Waals surface area (Å²) in [6.07, 6.45) is 1.65. The lowest BCUT2D eigenvalue weighted by Gasteiger charge is -2.34. The number of rotatable bonds is 6. The van der Waals surface area contributed by atoms with Crippen molar-refractivity contribution in [1.82, 2.24) is 9.88 Å². The van der Waals surface area contributed by atoms with Crippen LogP contribution in [0.25, 0.3) is 0 Å². The molecule has 0 spiro atoms. The van der Waals surface area contributed by atoms with E-state index in [-0.39, 0.29) is 5.91 Å². The fourth-order valence-corrected chi connectivity index (χ4v) is 4.79. The predicted molar refractivity (Wildman–Crippen MR) is 136 cm³/mol. The number of piperazine rings is 1. The number of ether oxygens (including phenoxy) is 1. The summed E-state index contributed by atoms with van der Waals surface area (Å²) < 4.78 is 5.83. The van der Waals surface area contributed by atoms with E-state index in [9.17, 15) is 10.1 Å². The number of likely N-dealkylation sites (N-methyl/N-ethyl adjacent to an activating group) is 1. The van der Waals surface area contributed by atoms with Crippen molar-refractivity contribution < 1.29 is 9.53 Å². The molecular weight excluding hydrogens is 440 g/mol. The Kier molecular flexibility index (Phi) is 6.01. The van der Waals surface area contributed by atoms with Gasteiger partial charge in [0.05, 0.1) is 23.8 Å². The maximum absolute atomic E-state index is 13.7. The fourth-order valence-electron chi connectivity index (χ4n) is 4.79. The normalized spacial score (nSPS) is 19.6. The zero-order valence-electron chi connectivity index (χ0n) is 19.9. The molecule has 35 heavy (non-hydrogen) atoms. The molecule has 8 nitrogen and oxygen atoms in total. The van der Waals surface area contributed by atoms with E-state index in [1.165, 1.54) is 0 Å². The molecule has 8 heteroatoms. The van der Waals surface area contributed by atoms with Crippen LogP contribution in [-0.4, -0.2) is 55.6 Å². The van der Waals surface area contributed by atoms with Crippen LogP contribution in [0.15, 0.2) is 60.8 Å². The van der Waals surface area contributed by atoms with E-state index >= 15 is 0 Å². The van der Waals surface area contributed by atoms with Gasteiger partial charge in [0.15, 0.2) is 5.54 Å². The molecular formula is C27H28N6O2. The zero-order valence-corrected chi connectivity index (χ0v) is 19.9. The highest BCUT2D eigenvalue weighted by Crippen LogP contribution is 2.46.